The van der Waals surface area contributed by atoms with Crippen LogP contribution in [0.25, 0.3) is 0 Å². The first-order valence-corrected chi connectivity index (χ1v) is 7.75. The van der Waals surface area contributed by atoms with E-state index in [9.17, 15) is 25.0 Å². The molecule has 0 fully saturated rings. The second-order valence-corrected chi connectivity index (χ2v) is 5.83. The molecule has 2 rings (SSSR count). The van der Waals surface area contributed by atoms with Gasteiger partial charge in [0.15, 0.2) is 0 Å². The zero-order valence-corrected chi connectivity index (χ0v) is 14.9. The van der Waals surface area contributed by atoms with Gasteiger partial charge in [-0.1, -0.05) is 12.1 Å². The first kappa shape index (κ1) is 19.5. The second-order valence-electron chi connectivity index (χ2n) is 5.83. The molecule has 10 nitrogen and oxygen atoms in total. The largest absolute Gasteiger partial charge is 0.378 e. The number of nitro groups is 2. The second kappa shape index (κ2) is 8.04. The van der Waals surface area contributed by atoms with Crippen LogP contribution < -0.4 is 10.3 Å². The molecule has 0 unspecified atom stereocenters. The summed E-state index contributed by atoms with van der Waals surface area (Å²) in [5.41, 5.74) is 3.22. The van der Waals surface area contributed by atoms with E-state index in [2.05, 4.69) is 10.5 Å². The lowest BCUT2D eigenvalue weighted by Crippen LogP contribution is -2.19. The number of carbonyl (C=O) groups excluding carboxylic acids is 1. The van der Waals surface area contributed by atoms with Gasteiger partial charge >= 0.3 is 0 Å². The summed E-state index contributed by atoms with van der Waals surface area (Å²) in [5, 5.41) is 25.8. The molecule has 0 spiro atoms. The highest BCUT2D eigenvalue weighted by Gasteiger charge is 2.19. The summed E-state index contributed by atoms with van der Waals surface area (Å²) in [6.07, 6.45) is 0. The van der Waals surface area contributed by atoms with Crippen molar-refractivity contribution in [3.8, 4) is 0 Å². The van der Waals surface area contributed by atoms with E-state index < -0.39 is 27.1 Å². The predicted octanol–water partition coefficient (Wildman–Crippen LogP) is 2.72. The molecule has 2 aromatic carbocycles. The van der Waals surface area contributed by atoms with Crippen LogP contribution in [0.3, 0.4) is 0 Å². The summed E-state index contributed by atoms with van der Waals surface area (Å²) < 4.78 is 0. The number of benzene rings is 2. The molecule has 1 N–H and O–H groups in total. The van der Waals surface area contributed by atoms with Crippen molar-refractivity contribution >= 4 is 28.7 Å². The molecule has 10 heteroatoms. The van der Waals surface area contributed by atoms with Crippen LogP contribution in [0.1, 0.15) is 22.8 Å². The highest BCUT2D eigenvalue weighted by atomic mass is 16.6. The van der Waals surface area contributed by atoms with Gasteiger partial charge in [-0.05, 0) is 24.6 Å². The summed E-state index contributed by atoms with van der Waals surface area (Å²) in [4.78, 5) is 34.3. The topological polar surface area (TPSA) is 131 Å². The quantitative estimate of drug-likeness (QED) is 0.472. The monoisotopic (exact) mass is 371 g/mol. The maximum atomic E-state index is 12.2. The van der Waals surface area contributed by atoms with Gasteiger partial charge in [-0.15, -0.1) is 0 Å². The Balaban J connectivity index is 2.22. The lowest BCUT2D eigenvalue weighted by atomic mass is 10.1. The molecule has 2 aromatic rings. The number of rotatable bonds is 6. The number of nitro benzene ring substituents is 2. The van der Waals surface area contributed by atoms with Gasteiger partial charge in [-0.25, -0.2) is 5.43 Å². The maximum Gasteiger partial charge on any atom is 0.277 e. The highest BCUT2D eigenvalue weighted by molar-refractivity contribution is 6.01. The minimum Gasteiger partial charge on any atom is -0.378 e. The number of anilines is 1. The van der Waals surface area contributed by atoms with Gasteiger partial charge in [-0.3, -0.25) is 25.0 Å². The summed E-state index contributed by atoms with van der Waals surface area (Å²) in [7, 11) is 3.82. The Morgan fingerprint density at radius 1 is 0.963 bits per heavy atom. The molecular weight excluding hydrogens is 354 g/mol. The summed E-state index contributed by atoms with van der Waals surface area (Å²) >= 11 is 0. The van der Waals surface area contributed by atoms with Crippen LogP contribution in [0.5, 0.6) is 0 Å². The Morgan fingerprint density at radius 3 is 1.93 bits per heavy atom. The third-order valence-electron chi connectivity index (χ3n) is 3.71. The lowest BCUT2D eigenvalue weighted by Gasteiger charge is -2.12. The number of hydrogen-bond donors (Lipinski definition) is 1. The Bertz CT molecular complexity index is 890. The van der Waals surface area contributed by atoms with Crippen LogP contribution in [-0.2, 0) is 0 Å². The normalized spacial score (nSPS) is 11.0. The van der Waals surface area contributed by atoms with Crippen molar-refractivity contribution in [1.29, 1.82) is 0 Å². The van der Waals surface area contributed by atoms with Crippen LogP contribution in [0.4, 0.5) is 17.1 Å². The van der Waals surface area contributed by atoms with E-state index in [1.807, 2.05) is 43.3 Å². The van der Waals surface area contributed by atoms with Gasteiger partial charge in [0, 0.05) is 31.9 Å². The van der Waals surface area contributed by atoms with E-state index in [1.54, 1.807) is 6.92 Å². The van der Waals surface area contributed by atoms with Crippen molar-refractivity contribution in [3.05, 3.63) is 73.8 Å². The summed E-state index contributed by atoms with van der Waals surface area (Å²) in [5.74, 6) is -0.786. The standard InChI is InChI=1S/C17H17N5O5/c1-11(12-4-6-14(7-5-12)20(2)3)18-19-17(23)13-8-15(21(24)25)10-16(9-13)22(26)27/h4-10H,1-3H3,(H,19,23). The molecule has 0 aliphatic rings. The molecule has 0 aromatic heterocycles. The Labute approximate surface area is 154 Å². The molecule has 0 radical (unpaired) electrons. The molecule has 0 heterocycles. The SMILES string of the molecule is CC(=NNC(=O)c1cc([N+](=O)[O-])cc([N+](=O)[O-])c1)c1ccc(N(C)C)cc1. The molecule has 0 aliphatic heterocycles. The molecular formula is C17H17N5O5. The van der Waals surface area contributed by atoms with Crippen LogP contribution in [0.2, 0.25) is 0 Å². The average molecular weight is 371 g/mol. The van der Waals surface area contributed by atoms with E-state index >= 15 is 0 Å². The third kappa shape index (κ3) is 4.84. The molecule has 0 aliphatic carbocycles. The van der Waals surface area contributed by atoms with Gasteiger partial charge in [-0.2, -0.15) is 5.10 Å². The van der Waals surface area contributed by atoms with E-state index in [1.165, 1.54) is 0 Å². The molecule has 0 saturated carbocycles. The number of hydrogen-bond acceptors (Lipinski definition) is 7. The van der Waals surface area contributed by atoms with Crippen LogP contribution in [0.15, 0.2) is 47.6 Å². The fraction of sp³-hybridized carbons (Fsp3) is 0.176. The van der Waals surface area contributed by atoms with Crippen molar-refractivity contribution in [2.45, 2.75) is 6.92 Å². The number of non-ortho nitro benzene ring substituents is 2. The Kier molecular flexibility index (Phi) is 5.81. The smallest absolute Gasteiger partial charge is 0.277 e. The molecule has 140 valence electrons. The highest BCUT2D eigenvalue weighted by Crippen LogP contribution is 2.22. The Hall–Kier alpha value is -3.82. The molecule has 0 saturated heterocycles. The van der Waals surface area contributed by atoms with Crippen LogP contribution in [0, 0.1) is 20.2 Å². The van der Waals surface area contributed by atoms with E-state index in [4.69, 9.17) is 0 Å². The van der Waals surface area contributed by atoms with Gasteiger partial charge in [0.05, 0.1) is 27.2 Å². The molecule has 27 heavy (non-hydrogen) atoms. The first-order chi connectivity index (χ1) is 12.7. The Morgan fingerprint density at radius 2 is 1.48 bits per heavy atom. The number of carbonyl (C=O) groups is 1. The van der Waals surface area contributed by atoms with E-state index in [0.717, 1.165) is 29.4 Å². The summed E-state index contributed by atoms with van der Waals surface area (Å²) in [6.45, 7) is 1.68. The third-order valence-corrected chi connectivity index (χ3v) is 3.71. The fourth-order valence-corrected chi connectivity index (χ4v) is 2.20. The number of nitrogens with one attached hydrogen (secondary N) is 1. The summed E-state index contributed by atoms with van der Waals surface area (Å²) in [6, 6.07) is 10.1. The lowest BCUT2D eigenvalue weighted by molar-refractivity contribution is -0.394. The molecule has 0 bridgehead atoms. The van der Waals surface area contributed by atoms with Crippen molar-refractivity contribution < 1.29 is 14.6 Å². The number of amides is 1. The minimum atomic E-state index is -0.801. The van der Waals surface area contributed by atoms with Crippen LogP contribution in [-0.4, -0.2) is 35.6 Å². The van der Waals surface area contributed by atoms with E-state index in [0.29, 0.717) is 5.71 Å². The molecule has 1 amide bonds. The average Bonchev–Trinajstić information content (AvgIpc) is 2.65. The maximum absolute atomic E-state index is 12.2. The predicted molar refractivity (Wildman–Crippen MR) is 100 cm³/mol. The van der Waals surface area contributed by atoms with Gasteiger partial charge in [0.1, 0.15) is 0 Å². The number of nitrogens with zero attached hydrogens (tertiary/aromatic N) is 4. The first-order valence-electron chi connectivity index (χ1n) is 7.75. The minimum absolute atomic E-state index is 0.226. The van der Waals surface area contributed by atoms with Crippen LogP contribution >= 0.6 is 0 Å². The molecule has 0 atom stereocenters. The number of hydrazone groups is 1. The van der Waals surface area contributed by atoms with Crippen molar-refractivity contribution in [2.24, 2.45) is 5.10 Å². The fourth-order valence-electron chi connectivity index (χ4n) is 2.20. The zero-order valence-electron chi connectivity index (χ0n) is 14.9. The van der Waals surface area contributed by atoms with Crippen molar-refractivity contribution in [2.75, 3.05) is 19.0 Å². The van der Waals surface area contributed by atoms with Crippen molar-refractivity contribution in [3.63, 3.8) is 0 Å². The van der Waals surface area contributed by atoms with E-state index in [-0.39, 0.29) is 5.56 Å². The van der Waals surface area contributed by atoms with Crippen molar-refractivity contribution in [1.82, 2.24) is 5.43 Å². The van der Waals surface area contributed by atoms with Gasteiger partial charge in [0.2, 0.25) is 0 Å². The van der Waals surface area contributed by atoms with Gasteiger partial charge in [0.25, 0.3) is 17.3 Å². The van der Waals surface area contributed by atoms with Gasteiger partial charge < -0.3 is 4.90 Å². The zero-order chi connectivity index (χ0) is 20.1.